The summed E-state index contributed by atoms with van der Waals surface area (Å²) in [6, 6.07) is 2.47. The molecule has 82 valence electrons. The number of hydrogen-bond acceptors (Lipinski definition) is 5. The number of phenolic OH excluding ortho intramolecular Hbond substituents is 1. The summed E-state index contributed by atoms with van der Waals surface area (Å²) >= 11 is 0. The minimum absolute atomic E-state index is 0.0277. The van der Waals surface area contributed by atoms with E-state index < -0.39 is 22.5 Å². The van der Waals surface area contributed by atoms with E-state index in [0.717, 1.165) is 6.07 Å². The molecular weight excluding hydrogens is 202 g/mol. The van der Waals surface area contributed by atoms with Gasteiger partial charge in [0.25, 0.3) is 0 Å². The van der Waals surface area contributed by atoms with Crippen molar-refractivity contribution < 1.29 is 19.9 Å². The lowest BCUT2D eigenvalue weighted by molar-refractivity contribution is -0.386. The van der Waals surface area contributed by atoms with Crippen molar-refractivity contribution in [3.63, 3.8) is 0 Å². The summed E-state index contributed by atoms with van der Waals surface area (Å²) in [6.07, 6.45) is -0.863. The summed E-state index contributed by atoms with van der Waals surface area (Å²) in [5.41, 5.74) is -0.165. The highest BCUT2D eigenvalue weighted by Crippen LogP contribution is 2.38. The van der Waals surface area contributed by atoms with E-state index in [4.69, 9.17) is 4.74 Å². The van der Waals surface area contributed by atoms with Crippen molar-refractivity contribution >= 4 is 5.69 Å². The molecule has 0 aromatic heterocycles. The van der Waals surface area contributed by atoms with E-state index in [1.165, 1.54) is 20.1 Å². The van der Waals surface area contributed by atoms with Gasteiger partial charge in [-0.05, 0) is 18.6 Å². The zero-order valence-electron chi connectivity index (χ0n) is 8.30. The van der Waals surface area contributed by atoms with Crippen LogP contribution in [0, 0.1) is 10.1 Å². The van der Waals surface area contributed by atoms with E-state index in [-0.39, 0.29) is 5.75 Å². The Hall–Kier alpha value is -1.82. The third kappa shape index (κ3) is 2.16. The molecule has 1 rings (SSSR count). The maximum absolute atomic E-state index is 10.6. The van der Waals surface area contributed by atoms with Crippen molar-refractivity contribution in [2.24, 2.45) is 0 Å². The molecule has 0 saturated heterocycles. The molecule has 0 radical (unpaired) electrons. The van der Waals surface area contributed by atoms with Gasteiger partial charge in [0.05, 0.1) is 18.1 Å². The molecule has 6 nitrogen and oxygen atoms in total. The molecule has 0 unspecified atom stereocenters. The van der Waals surface area contributed by atoms with Gasteiger partial charge in [0.15, 0.2) is 5.75 Å². The molecule has 6 heteroatoms. The molecule has 2 N–H and O–H groups in total. The number of nitrogens with zero attached hydrogens (tertiary/aromatic N) is 1. The predicted octanol–water partition coefficient (Wildman–Crippen LogP) is 1.36. The molecule has 1 aromatic rings. The highest BCUT2D eigenvalue weighted by atomic mass is 16.6. The molecule has 0 saturated carbocycles. The minimum atomic E-state index is -0.863. The molecule has 1 aromatic carbocycles. The van der Waals surface area contributed by atoms with E-state index >= 15 is 0 Å². The predicted molar refractivity (Wildman–Crippen MR) is 51.9 cm³/mol. The number of aliphatic hydroxyl groups excluding tert-OH is 1. The maximum Gasteiger partial charge on any atom is 0.315 e. The summed E-state index contributed by atoms with van der Waals surface area (Å²) in [7, 11) is 1.28. The number of aliphatic hydroxyl groups is 1. The van der Waals surface area contributed by atoms with Crippen molar-refractivity contribution in [3.8, 4) is 11.5 Å². The Morgan fingerprint density at radius 2 is 2.13 bits per heavy atom. The molecule has 0 aliphatic rings. The fourth-order valence-electron chi connectivity index (χ4n) is 1.15. The van der Waals surface area contributed by atoms with E-state index in [9.17, 15) is 20.3 Å². The number of aromatic hydroxyl groups is 1. The zero-order chi connectivity index (χ0) is 11.6. The number of methoxy groups -OCH3 is 1. The van der Waals surface area contributed by atoms with Crippen LogP contribution in [-0.4, -0.2) is 22.2 Å². The Morgan fingerprint density at radius 3 is 2.53 bits per heavy atom. The molecule has 0 amide bonds. The third-order valence-electron chi connectivity index (χ3n) is 1.98. The Bertz CT molecular complexity index is 388. The minimum Gasteiger partial charge on any atom is -0.500 e. The molecular formula is C9H11NO5. The van der Waals surface area contributed by atoms with Crippen molar-refractivity contribution in [2.45, 2.75) is 13.0 Å². The van der Waals surface area contributed by atoms with Gasteiger partial charge in [-0.1, -0.05) is 0 Å². The first-order valence-corrected chi connectivity index (χ1v) is 4.20. The van der Waals surface area contributed by atoms with Gasteiger partial charge in [-0.15, -0.1) is 0 Å². The smallest absolute Gasteiger partial charge is 0.315 e. The highest BCUT2D eigenvalue weighted by Gasteiger charge is 2.20. The number of nitro benzene ring substituents is 1. The molecule has 1 atom stereocenters. The van der Waals surface area contributed by atoms with Crippen molar-refractivity contribution in [3.05, 3.63) is 27.8 Å². The molecule has 15 heavy (non-hydrogen) atoms. The van der Waals surface area contributed by atoms with Crippen LogP contribution in [0.2, 0.25) is 0 Å². The monoisotopic (exact) mass is 213 g/mol. The second-order valence-corrected chi connectivity index (χ2v) is 3.02. The van der Waals surface area contributed by atoms with Crippen LogP contribution in [0.4, 0.5) is 5.69 Å². The third-order valence-corrected chi connectivity index (χ3v) is 1.98. The zero-order valence-corrected chi connectivity index (χ0v) is 8.30. The molecule has 0 aliphatic carbocycles. The van der Waals surface area contributed by atoms with Gasteiger partial charge in [0.2, 0.25) is 5.75 Å². The largest absolute Gasteiger partial charge is 0.500 e. The lowest BCUT2D eigenvalue weighted by Crippen LogP contribution is -1.97. The number of benzene rings is 1. The molecule has 0 aliphatic heterocycles. The first-order valence-electron chi connectivity index (χ1n) is 4.20. The second-order valence-electron chi connectivity index (χ2n) is 3.02. The average molecular weight is 213 g/mol. The van der Waals surface area contributed by atoms with Crippen LogP contribution in [-0.2, 0) is 0 Å². The topological polar surface area (TPSA) is 92.8 Å². The van der Waals surface area contributed by atoms with Crippen LogP contribution in [0.5, 0.6) is 11.5 Å². The highest BCUT2D eigenvalue weighted by molar-refractivity contribution is 5.57. The van der Waals surface area contributed by atoms with E-state index in [2.05, 4.69) is 0 Å². The van der Waals surface area contributed by atoms with Gasteiger partial charge in [0.1, 0.15) is 0 Å². The van der Waals surface area contributed by atoms with Gasteiger partial charge in [-0.3, -0.25) is 10.1 Å². The van der Waals surface area contributed by atoms with Crippen LogP contribution < -0.4 is 4.74 Å². The number of hydrogen-bond donors (Lipinski definition) is 2. The number of phenols is 1. The maximum atomic E-state index is 10.6. The number of rotatable bonds is 3. The molecule has 0 bridgehead atoms. The van der Waals surface area contributed by atoms with Crippen LogP contribution in [0.15, 0.2) is 12.1 Å². The molecule has 0 heterocycles. The van der Waals surface area contributed by atoms with E-state index in [0.29, 0.717) is 5.56 Å². The Morgan fingerprint density at radius 1 is 1.53 bits per heavy atom. The van der Waals surface area contributed by atoms with Gasteiger partial charge in [-0.2, -0.15) is 0 Å². The summed E-state index contributed by atoms with van der Waals surface area (Å²) in [5.74, 6) is -0.563. The summed E-state index contributed by atoms with van der Waals surface area (Å²) in [5, 5.41) is 29.3. The standard InChI is InChI=1S/C9H11NO5/c1-5(11)6-3-7(10(13)14)9(12)8(4-6)15-2/h3-5,11-12H,1-2H3/t5-/m0/s1. The summed E-state index contributed by atoms with van der Waals surface area (Å²) < 4.78 is 4.76. The lowest BCUT2D eigenvalue weighted by Gasteiger charge is -2.09. The van der Waals surface area contributed by atoms with Crippen molar-refractivity contribution in [1.82, 2.24) is 0 Å². The SMILES string of the molecule is COc1cc([C@H](C)O)cc([N+](=O)[O-])c1O. The molecule has 0 spiro atoms. The van der Waals surface area contributed by atoms with Crippen molar-refractivity contribution in [1.29, 1.82) is 0 Å². The van der Waals surface area contributed by atoms with Gasteiger partial charge >= 0.3 is 5.69 Å². The number of nitro groups is 1. The lowest BCUT2D eigenvalue weighted by atomic mass is 10.1. The fourth-order valence-corrected chi connectivity index (χ4v) is 1.15. The first kappa shape index (κ1) is 11.3. The summed E-state index contributed by atoms with van der Waals surface area (Å²) in [4.78, 5) is 9.84. The van der Waals surface area contributed by atoms with Crippen molar-refractivity contribution in [2.75, 3.05) is 7.11 Å². The number of ether oxygens (including phenoxy) is 1. The van der Waals surface area contributed by atoms with Gasteiger partial charge < -0.3 is 14.9 Å². The Kier molecular flexibility index (Phi) is 3.11. The Labute approximate surface area is 85.9 Å². The van der Waals surface area contributed by atoms with Gasteiger partial charge in [0, 0.05) is 6.07 Å². The first-order chi connectivity index (χ1) is 6.97. The van der Waals surface area contributed by atoms with Crippen LogP contribution >= 0.6 is 0 Å². The van der Waals surface area contributed by atoms with E-state index in [1.54, 1.807) is 0 Å². The van der Waals surface area contributed by atoms with Gasteiger partial charge in [-0.25, -0.2) is 0 Å². The van der Waals surface area contributed by atoms with Crippen LogP contribution in [0.3, 0.4) is 0 Å². The quantitative estimate of drug-likeness (QED) is 0.584. The van der Waals surface area contributed by atoms with Crippen LogP contribution in [0.25, 0.3) is 0 Å². The van der Waals surface area contributed by atoms with Crippen LogP contribution in [0.1, 0.15) is 18.6 Å². The average Bonchev–Trinajstić information content (AvgIpc) is 2.17. The van der Waals surface area contributed by atoms with E-state index in [1.807, 2.05) is 0 Å². The fraction of sp³-hybridized carbons (Fsp3) is 0.333. The molecule has 0 fully saturated rings. The second kappa shape index (κ2) is 4.14. The normalized spacial score (nSPS) is 12.2. The Balaban J connectivity index is 3.38. The summed E-state index contributed by atoms with van der Waals surface area (Å²) in [6.45, 7) is 1.47.